The molecule has 1 unspecified atom stereocenters. The minimum atomic E-state index is -1.92. The van der Waals surface area contributed by atoms with Crippen molar-refractivity contribution in [2.24, 2.45) is 5.14 Å². The highest BCUT2D eigenvalue weighted by Crippen LogP contribution is 2.39. The van der Waals surface area contributed by atoms with Gasteiger partial charge in [-0.25, -0.2) is 13.9 Å². The van der Waals surface area contributed by atoms with Gasteiger partial charge in [-0.3, -0.25) is 10.1 Å². The molecule has 2 N–H and O–H groups in total. The maximum absolute atomic E-state index is 12.4. The van der Waals surface area contributed by atoms with Gasteiger partial charge in [0, 0.05) is 22.6 Å². The monoisotopic (exact) mass is 688 g/mol. The van der Waals surface area contributed by atoms with Crippen LogP contribution in [0.15, 0.2) is 54.7 Å². The second kappa shape index (κ2) is 14.6. The average molecular weight is 689 g/mol. The fraction of sp³-hybridized carbons (Fsp3) is 0.553. The fourth-order valence-electron chi connectivity index (χ4n) is 6.50. The molecule has 3 aromatic heterocycles. The van der Waals surface area contributed by atoms with Crippen molar-refractivity contribution >= 4 is 30.2 Å². The van der Waals surface area contributed by atoms with E-state index in [1.807, 2.05) is 36.9 Å². The Labute approximate surface area is 291 Å². The van der Waals surface area contributed by atoms with E-state index in [1.54, 1.807) is 0 Å². The predicted molar refractivity (Wildman–Crippen MR) is 202 cm³/mol. The van der Waals surface area contributed by atoms with E-state index in [9.17, 15) is 4.21 Å². The molecule has 1 fully saturated rings. The smallest absolute Gasteiger partial charge is 0.192 e. The van der Waals surface area contributed by atoms with E-state index in [2.05, 4.69) is 89.1 Å². The average Bonchev–Trinajstić information content (AvgIpc) is 3.47. The number of nitrogens with two attached hydrogens (primary N) is 1. The minimum Gasteiger partial charge on any atom is -0.411 e. The fourth-order valence-corrected chi connectivity index (χ4v) is 7.80. The van der Waals surface area contributed by atoms with E-state index in [4.69, 9.17) is 24.6 Å². The number of benzene rings is 1. The van der Waals surface area contributed by atoms with Gasteiger partial charge in [-0.15, -0.1) is 0 Å². The van der Waals surface area contributed by atoms with Crippen LogP contribution in [0.4, 0.5) is 0 Å². The summed E-state index contributed by atoms with van der Waals surface area (Å²) in [7, 11) is -1.14. The molecule has 1 aliphatic rings. The molecule has 260 valence electrons. The summed E-state index contributed by atoms with van der Waals surface area (Å²) in [5, 5.41) is 12.1. The van der Waals surface area contributed by atoms with Crippen molar-refractivity contribution in [2.45, 2.75) is 115 Å². The topological polar surface area (TPSA) is 99.2 Å². The van der Waals surface area contributed by atoms with Gasteiger partial charge in [-0.2, -0.15) is 5.10 Å². The first-order valence-electron chi connectivity index (χ1n) is 17.5. The van der Waals surface area contributed by atoms with Gasteiger partial charge in [0.25, 0.3) is 0 Å². The molecule has 0 spiro atoms. The molecule has 0 amide bonds. The molecular formula is C38H56N6O2SSi. The van der Waals surface area contributed by atoms with Crippen molar-refractivity contribution in [3.8, 4) is 17.1 Å². The van der Waals surface area contributed by atoms with Gasteiger partial charge in [0.1, 0.15) is 0 Å². The highest BCUT2D eigenvalue weighted by atomic mass is 32.2. The van der Waals surface area contributed by atoms with Crippen molar-refractivity contribution in [2.75, 3.05) is 20.1 Å². The third-order valence-electron chi connectivity index (χ3n) is 10.7. The second-order valence-corrected chi connectivity index (χ2v) is 22.4. The molecule has 0 bridgehead atoms. The molecule has 48 heavy (non-hydrogen) atoms. The van der Waals surface area contributed by atoms with E-state index in [-0.39, 0.29) is 11.0 Å². The third kappa shape index (κ3) is 8.16. The van der Waals surface area contributed by atoms with Gasteiger partial charge in [-0.1, -0.05) is 46.2 Å². The van der Waals surface area contributed by atoms with Crippen LogP contribution >= 0.6 is 0 Å². The van der Waals surface area contributed by atoms with E-state index < -0.39 is 24.1 Å². The molecule has 8 nitrogen and oxygen atoms in total. The molecule has 1 aliphatic heterocycles. The van der Waals surface area contributed by atoms with Crippen molar-refractivity contribution < 1.29 is 8.63 Å². The zero-order valence-corrected chi connectivity index (χ0v) is 32.4. The van der Waals surface area contributed by atoms with Crippen molar-refractivity contribution in [1.82, 2.24) is 24.6 Å². The van der Waals surface area contributed by atoms with E-state index in [0.717, 1.165) is 72.8 Å². The standard InChI is InChI=1S/C38H56N6O2SSi/c1-10-13-28(24-38(5,6)47(39)45)33-15-12-16-34(42-33)29-22-31(27-18-20-43(7)21-19-27)32-25-40-44(35(32)23-29)36-17-11-14-30(41-36)26-46-48(8,9)37(2,3)4/h11-12,14-17,22-23,25,27-28H,10,13,18-21,24,26,39H2,1-9H3/t28-,47?/m0/s1. The lowest BCUT2D eigenvalue weighted by Gasteiger charge is -2.36. The van der Waals surface area contributed by atoms with Crippen LogP contribution in [0.3, 0.4) is 0 Å². The number of hydrogen-bond donors (Lipinski definition) is 1. The van der Waals surface area contributed by atoms with E-state index >= 15 is 0 Å². The molecular weight excluding hydrogens is 633 g/mol. The van der Waals surface area contributed by atoms with Gasteiger partial charge in [-0.05, 0) is 126 Å². The normalized spacial score (nSPS) is 16.8. The molecule has 2 atom stereocenters. The summed E-state index contributed by atoms with van der Waals surface area (Å²) < 4.78 is 20.4. The number of fused-ring (bicyclic) bond motifs is 1. The number of likely N-dealkylation sites (tertiary alicyclic amines) is 1. The van der Waals surface area contributed by atoms with Crippen LogP contribution in [0.2, 0.25) is 18.1 Å². The van der Waals surface area contributed by atoms with Crippen LogP contribution in [0.25, 0.3) is 28.0 Å². The minimum absolute atomic E-state index is 0.130. The molecule has 4 heterocycles. The summed E-state index contributed by atoms with van der Waals surface area (Å²) in [6.07, 6.45) is 6.93. The first-order valence-corrected chi connectivity index (χ1v) is 21.7. The van der Waals surface area contributed by atoms with Crippen LogP contribution in [-0.4, -0.2) is 62.1 Å². The zero-order valence-electron chi connectivity index (χ0n) is 30.5. The lowest BCUT2D eigenvalue weighted by molar-refractivity contribution is 0.256. The van der Waals surface area contributed by atoms with Crippen LogP contribution in [0, 0.1) is 0 Å². The number of hydrogen-bond acceptors (Lipinski definition) is 6. The van der Waals surface area contributed by atoms with Crippen LogP contribution in [0.5, 0.6) is 0 Å². The van der Waals surface area contributed by atoms with Gasteiger partial charge >= 0.3 is 0 Å². The summed E-state index contributed by atoms with van der Waals surface area (Å²) >= 11 is 0. The predicted octanol–water partition coefficient (Wildman–Crippen LogP) is 8.49. The lowest BCUT2D eigenvalue weighted by Crippen LogP contribution is -2.40. The number of aromatic nitrogens is 4. The SMILES string of the molecule is CCC[C@@H](CC(C)(C)S(N)=O)c1cccc(-c2cc(C3CCN(C)CC3)c3cnn(-c4cccc(CO[Si](C)(C)C(C)(C)C)n4)c3c2)n1. The highest BCUT2D eigenvalue weighted by Gasteiger charge is 2.37. The van der Waals surface area contributed by atoms with Crippen molar-refractivity contribution in [1.29, 1.82) is 0 Å². The summed E-state index contributed by atoms with van der Waals surface area (Å²) in [6.45, 7) is 20.1. The third-order valence-corrected chi connectivity index (χ3v) is 16.4. The van der Waals surface area contributed by atoms with Crippen molar-refractivity contribution in [3.05, 3.63) is 71.7 Å². The molecule has 10 heteroatoms. The number of piperidine rings is 1. The van der Waals surface area contributed by atoms with Gasteiger partial charge < -0.3 is 9.33 Å². The van der Waals surface area contributed by atoms with Crippen LogP contribution < -0.4 is 5.14 Å². The molecule has 1 saturated heterocycles. The Balaban J connectivity index is 1.57. The Bertz CT molecular complexity index is 1740. The second-order valence-electron chi connectivity index (χ2n) is 15.9. The summed E-state index contributed by atoms with van der Waals surface area (Å²) in [5.74, 6) is 1.39. The molecule has 0 saturated carbocycles. The molecule has 4 aromatic rings. The lowest BCUT2D eigenvalue weighted by atomic mass is 9.86. The Morgan fingerprint density at radius 2 is 1.75 bits per heavy atom. The first-order chi connectivity index (χ1) is 22.6. The van der Waals surface area contributed by atoms with Crippen LogP contribution in [-0.2, 0) is 22.0 Å². The Hall–Kier alpha value is -2.76. The molecule has 0 aliphatic carbocycles. The number of rotatable bonds is 12. The summed E-state index contributed by atoms with van der Waals surface area (Å²) in [6, 6.07) is 17.0. The van der Waals surface area contributed by atoms with Crippen LogP contribution in [0.1, 0.15) is 102 Å². The quantitative estimate of drug-likeness (QED) is 0.150. The van der Waals surface area contributed by atoms with E-state index in [0.29, 0.717) is 18.9 Å². The first kappa shape index (κ1) is 36.5. The van der Waals surface area contributed by atoms with Crippen molar-refractivity contribution in [3.63, 3.8) is 0 Å². The highest BCUT2D eigenvalue weighted by molar-refractivity contribution is 7.84. The van der Waals surface area contributed by atoms with Gasteiger partial charge in [0.05, 0.1) is 45.4 Å². The van der Waals surface area contributed by atoms with Gasteiger partial charge in [0.2, 0.25) is 0 Å². The number of pyridine rings is 2. The largest absolute Gasteiger partial charge is 0.411 e. The van der Waals surface area contributed by atoms with Gasteiger partial charge in [0.15, 0.2) is 14.1 Å². The molecule has 5 rings (SSSR count). The number of nitrogens with zero attached hydrogens (tertiary/aromatic N) is 5. The maximum Gasteiger partial charge on any atom is 0.192 e. The summed E-state index contributed by atoms with van der Waals surface area (Å²) in [4.78, 5) is 12.7. The Kier molecular flexibility index (Phi) is 11.1. The maximum atomic E-state index is 12.4. The Morgan fingerprint density at radius 3 is 2.42 bits per heavy atom. The molecule has 1 aromatic carbocycles. The van der Waals surface area contributed by atoms with E-state index in [1.165, 1.54) is 10.9 Å². The zero-order chi connectivity index (χ0) is 34.9. The Morgan fingerprint density at radius 1 is 1.04 bits per heavy atom. The molecule has 0 radical (unpaired) electrons. The summed E-state index contributed by atoms with van der Waals surface area (Å²) in [5.41, 5.74) is 6.32.